The van der Waals surface area contributed by atoms with Gasteiger partial charge < -0.3 is 20.5 Å². The van der Waals surface area contributed by atoms with Gasteiger partial charge in [-0.1, -0.05) is 18.2 Å². The van der Waals surface area contributed by atoms with Crippen LogP contribution in [0.3, 0.4) is 0 Å². The van der Waals surface area contributed by atoms with Crippen LogP contribution in [-0.2, 0) is 4.79 Å². The topological polar surface area (TPSA) is 82.4 Å². The average Bonchev–Trinajstić information content (AvgIpc) is 2.98. The second-order valence-corrected chi connectivity index (χ2v) is 5.48. The minimum Gasteiger partial charge on any atom is -0.351 e. The second-order valence-electron chi connectivity index (χ2n) is 5.48. The fourth-order valence-corrected chi connectivity index (χ4v) is 2.80. The first-order valence-corrected chi connectivity index (χ1v) is 7.54. The molecule has 2 heterocycles. The Hall–Kier alpha value is -2.34. The van der Waals surface area contributed by atoms with Gasteiger partial charge in [-0.25, -0.2) is 0 Å². The molecule has 3 N–H and O–H groups in total. The number of rotatable bonds is 3. The molecule has 6 heteroatoms. The summed E-state index contributed by atoms with van der Waals surface area (Å²) in [5.41, 5.74) is 6.97. The number of carbonyl (C=O) groups is 2. The van der Waals surface area contributed by atoms with Crippen molar-refractivity contribution in [3.63, 3.8) is 0 Å². The van der Waals surface area contributed by atoms with Gasteiger partial charge in [0.1, 0.15) is 5.69 Å². The molecule has 0 bridgehead atoms. The van der Waals surface area contributed by atoms with Crippen LogP contribution in [0, 0.1) is 0 Å². The average molecular weight is 300 g/mol. The first-order chi connectivity index (χ1) is 10.7. The molecule has 1 aliphatic rings. The molecular weight excluding hydrogens is 280 g/mol. The lowest BCUT2D eigenvalue weighted by Crippen LogP contribution is -2.50. The number of hydrogen-bond acceptors (Lipinski definition) is 3. The van der Waals surface area contributed by atoms with E-state index in [2.05, 4.69) is 4.98 Å². The third kappa shape index (κ3) is 2.82. The minimum atomic E-state index is -0.0119. The summed E-state index contributed by atoms with van der Waals surface area (Å²) >= 11 is 0. The minimum absolute atomic E-state index is 0.0119. The number of amides is 2. The number of para-hydroxylation sites is 1. The molecule has 0 unspecified atom stereocenters. The molecule has 116 valence electrons. The molecule has 1 fully saturated rings. The van der Waals surface area contributed by atoms with Crippen molar-refractivity contribution in [2.24, 2.45) is 5.73 Å². The third-order valence-corrected chi connectivity index (χ3v) is 4.04. The van der Waals surface area contributed by atoms with Crippen molar-refractivity contribution in [2.75, 3.05) is 32.7 Å². The summed E-state index contributed by atoms with van der Waals surface area (Å²) in [6.07, 6.45) is 0.371. The van der Waals surface area contributed by atoms with E-state index in [9.17, 15) is 9.59 Å². The summed E-state index contributed by atoms with van der Waals surface area (Å²) in [6, 6.07) is 9.70. The number of aromatic amines is 1. The number of nitrogens with zero attached hydrogens (tertiary/aromatic N) is 2. The van der Waals surface area contributed by atoms with Crippen LogP contribution in [0.5, 0.6) is 0 Å². The highest BCUT2D eigenvalue weighted by Crippen LogP contribution is 2.17. The maximum absolute atomic E-state index is 12.5. The van der Waals surface area contributed by atoms with Crippen LogP contribution >= 0.6 is 0 Å². The van der Waals surface area contributed by atoms with Crippen LogP contribution < -0.4 is 5.73 Å². The summed E-state index contributed by atoms with van der Waals surface area (Å²) in [5.74, 6) is 0.0577. The van der Waals surface area contributed by atoms with Gasteiger partial charge in [-0.2, -0.15) is 0 Å². The first-order valence-electron chi connectivity index (χ1n) is 7.54. The van der Waals surface area contributed by atoms with Crippen LogP contribution in [0.15, 0.2) is 30.3 Å². The van der Waals surface area contributed by atoms with E-state index in [0.29, 0.717) is 44.8 Å². The van der Waals surface area contributed by atoms with E-state index < -0.39 is 0 Å². The summed E-state index contributed by atoms with van der Waals surface area (Å²) in [5, 5.41) is 1.03. The van der Waals surface area contributed by atoms with Crippen molar-refractivity contribution >= 4 is 22.7 Å². The maximum Gasteiger partial charge on any atom is 0.270 e. The molecule has 3 rings (SSSR count). The Bertz CT molecular complexity index is 653. The molecule has 1 aliphatic heterocycles. The normalized spacial score (nSPS) is 15.3. The second kappa shape index (κ2) is 6.19. The van der Waals surface area contributed by atoms with Crippen molar-refractivity contribution < 1.29 is 9.59 Å². The quantitative estimate of drug-likeness (QED) is 0.879. The standard InChI is InChI=1S/C16H20N4O2/c17-6-5-15(21)19-7-9-20(10-8-19)16(22)14-11-12-3-1-2-4-13(12)18-14/h1-4,11,18H,5-10,17H2. The molecule has 1 saturated heterocycles. The molecule has 0 spiro atoms. The Morgan fingerprint density at radius 1 is 1.09 bits per heavy atom. The number of benzene rings is 1. The van der Waals surface area contributed by atoms with Crippen molar-refractivity contribution in [3.8, 4) is 0 Å². The zero-order chi connectivity index (χ0) is 15.5. The number of H-pyrrole nitrogens is 1. The Balaban J connectivity index is 1.65. The predicted octanol–water partition coefficient (Wildman–Crippen LogP) is 0.801. The van der Waals surface area contributed by atoms with Gasteiger partial charge in [-0.3, -0.25) is 9.59 Å². The SMILES string of the molecule is NCCC(=O)N1CCN(C(=O)c2cc3ccccc3[nH]2)CC1. The molecule has 6 nitrogen and oxygen atoms in total. The van der Waals surface area contributed by atoms with E-state index in [1.807, 2.05) is 30.3 Å². The fraction of sp³-hybridized carbons (Fsp3) is 0.375. The van der Waals surface area contributed by atoms with Crippen LogP contribution in [0.4, 0.5) is 0 Å². The zero-order valence-electron chi connectivity index (χ0n) is 12.4. The van der Waals surface area contributed by atoms with Gasteiger partial charge in [0.15, 0.2) is 0 Å². The molecule has 2 aromatic rings. The molecule has 0 aliphatic carbocycles. The van der Waals surface area contributed by atoms with Crippen LogP contribution in [0.2, 0.25) is 0 Å². The zero-order valence-corrected chi connectivity index (χ0v) is 12.4. The van der Waals surface area contributed by atoms with E-state index in [-0.39, 0.29) is 11.8 Å². The first kappa shape index (κ1) is 14.6. The van der Waals surface area contributed by atoms with Gasteiger partial charge in [0.05, 0.1) is 0 Å². The number of piperazine rings is 1. The Morgan fingerprint density at radius 2 is 1.77 bits per heavy atom. The van der Waals surface area contributed by atoms with Crippen LogP contribution in [0.1, 0.15) is 16.9 Å². The Kier molecular flexibility index (Phi) is 4.11. The predicted molar refractivity (Wildman–Crippen MR) is 84.5 cm³/mol. The van der Waals surface area contributed by atoms with E-state index in [1.165, 1.54) is 0 Å². The van der Waals surface area contributed by atoms with E-state index in [4.69, 9.17) is 5.73 Å². The lowest BCUT2D eigenvalue weighted by atomic mass is 10.2. The lowest BCUT2D eigenvalue weighted by Gasteiger charge is -2.34. The number of fused-ring (bicyclic) bond motifs is 1. The van der Waals surface area contributed by atoms with Gasteiger partial charge in [0.25, 0.3) is 5.91 Å². The molecule has 0 radical (unpaired) electrons. The van der Waals surface area contributed by atoms with Crippen LogP contribution in [0.25, 0.3) is 10.9 Å². The van der Waals surface area contributed by atoms with E-state index >= 15 is 0 Å². The van der Waals surface area contributed by atoms with E-state index in [1.54, 1.807) is 9.80 Å². The molecular formula is C16H20N4O2. The highest BCUT2D eigenvalue weighted by Gasteiger charge is 2.25. The largest absolute Gasteiger partial charge is 0.351 e. The van der Waals surface area contributed by atoms with Crippen molar-refractivity contribution in [3.05, 3.63) is 36.0 Å². The number of hydrogen-bond donors (Lipinski definition) is 2. The lowest BCUT2D eigenvalue weighted by molar-refractivity contribution is -0.132. The summed E-state index contributed by atoms with van der Waals surface area (Å²) in [6.45, 7) is 2.64. The molecule has 0 atom stereocenters. The molecule has 1 aromatic carbocycles. The highest BCUT2D eigenvalue weighted by molar-refractivity contribution is 5.98. The summed E-state index contributed by atoms with van der Waals surface area (Å²) in [4.78, 5) is 31.1. The van der Waals surface area contributed by atoms with Crippen LogP contribution in [-0.4, -0.2) is 59.3 Å². The number of aromatic nitrogens is 1. The van der Waals surface area contributed by atoms with Crippen molar-refractivity contribution in [2.45, 2.75) is 6.42 Å². The highest BCUT2D eigenvalue weighted by atomic mass is 16.2. The van der Waals surface area contributed by atoms with Crippen molar-refractivity contribution in [1.82, 2.24) is 14.8 Å². The monoisotopic (exact) mass is 300 g/mol. The fourth-order valence-electron chi connectivity index (χ4n) is 2.80. The molecule has 1 aromatic heterocycles. The van der Waals surface area contributed by atoms with Gasteiger partial charge in [-0.05, 0) is 12.1 Å². The number of nitrogens with one attached hydrogen (secondary N) is 1. The molecule has 2 amide bonds. The van der Waals surface area contributed by atoms with Gasteiger partial charge >= 0.3 is 0 Å². The van der Waals surface area contributed by atoms with Crippen molar-refractivity contribution in [1.29, 1.82) is 0 Å². The number of carbonyl (C=O) groups excluding carboxylic acids is 2. The smallest absolute Gasteiger partial charge is 0.270 e. The van der Waals surface area contributed by atoms with E-state index in [0.717, 1.165) is 10.9 Å². The Morgan fingerprint density at radius 3 is 2.45 bits per heavy atom. The maximum atomic E-state index is 12.5. The molecule has 22 heavy (non-hydrogen) atoms. The number of nitrogens with two attached hydrogens (primary N) is 1. The summed E-state index contributed by atoms with van der Waals surface area (Å²) < 4.78 is 0. The van der Waals surface area contributed by atoms with Gasteiger partial charge in [-0.15, -0.1) is 0 Å². The third-order valence-electron chi connectivity index (χ3n) is 4.04. The van der Waals surface area contributed by atoms with Gasteiger partial charge in [0, 0.05) is 50.0 Å². The summed E-state index contributed by atoms with van der Waals surface area (Å²) in [7, 11) is 0. The molecule has 0 saturated carbocycles. The van der Waals surface area contributed by atoms with Gasteiger partial charge in [0.2, 0.25) is 5.91 Å². The Labute approximate surface area is 128 Å².